The molecule has 14 heteroatoms. The van der Waals surface area contributed by atoms with Crippen LogP contribution < -0.4 is 11.3 Å². The Kier molecular flexibility index (Phi) is 9.40. The van der Waals surface area contributed by atoms with E-state index < -0.39 is 5.97 Å². The minimum atomic E-state index is -0.491. The summed E-state index contributed by atoms with van der Waals surface area (Å²) in [5.41, 5.74) is 9.90. The Morgan fingerprint density at radius 2 is 1.78 bits per heavy atom. The highest BCUT2D eigenvalue weighted by Gasteiger charge is 2.22. The predicted molar refractivity (Wildman–Crippen MR) is 189 cm³/mol. The molecule has 1 saturated heterocycles. The Morgan fingerprint density at radius 1 is 0.980 bits per heavy atom. The summed E-state index contributed by atoms with van der Waals surface area (Å²) in [5.74, 6) is 0.244. The number of phenolic OH excluding ortho intramolecular Hbond substituents is 1. The topological polar surface area (TPSA) is 181 Å². The van der Waals surface area contributed by atoms with E-state index in [9.17, 15) is 19.5 Å². The smallest absolute Gasteiger partial charge is 0.337 e. The number of methoxy groups -OCH3 is 1. The van der Waals surface area contributed by atoms with Crippen molar-refractivity contribution in [2.45, 2.75) is 32.4 Å². The summed E-state index contributed by atoms with van der Waals surface area (Å²) in [6, 6.07) is 19.1. The number of aromatic hydroxyl groups is 1. The number of aromatic nitrogens is 6. The maximum atomic E-state index is 14.6. The first-order chi connectivity index (χ1) is 24.8. The van der Waals surface area contributed by atoms with Crippen LogP contribution >= 0.6 is 0 Å². The van der Waals surface area contributed by atoms with Crippen molar-refractivity contribution in [1.82, 2.24) is 34.2 Å². The van der Waals surface area contributed by atoms with E-state index in [0.29, 0.717) is 95.7 Å². The van der Waals surface area contributed by atoms with Crippen LogP contribution in [0.2, 0.25) is 0 Å². The fraction of sp³-hybridized carbons (Fsp3) is 0.270. The second-order valence-corrected chi connectivity index (χ2v) is 12.3. The van der Waals surface area contributed by atoms with Crippen LogP contribution in [0, 0.1) is 0 Å². The van der Waals surface area contributed by atoms with Gasteiger partial charge in [-0.2, -0.15) is 5.10 Å². The van der Waals surface area contributed by atoms with E-state index in [1.165, 1.54) is 13.4 Å². The molecule has 4 heterocycles. The van der Waals surface area contributed by atoms with Gasteiger partial charge in [0.2, 0.25) is 5.91 Å². The summed E-state index contributed by atoms with van der Waals surface area (Å²) in [6.07, 6.45) is 2.78. The zero-order valence-corrected chi connectivity index (χ0v) is 28.0. The highest BCUT2D eigenvalue weighted by Crippen LogP contribution is 2.32. The summed E-state index contributed by atoms with van der Waals surface area (Å²) in [7, 11) is 1.32. The summed E-state index contributed by atoms with van der Waals surface area (Å²) in [5, 5.41) is 16.0. The van der Waals surface area contributed by atoms with Gasteiger partial charge in [0.1, 0.15) is 36.0 Å². The minimum Gasteiger partial charge on any atom is -0.508 e. The van der Waals surface area contributed by atoms with Gasteiger partial charge in [0, 0.05) is 25.1 Å². The number of esters is 1. The van der Waals surface area contributed by atoms with Gasteiger partial charge in [0.05, 0.1) is 48.7 Å². The standard InChI is InChI=1S/C37H36N8O6/c1-50-37(49)26-10-2-6-23(18-26)20-44-29(21-45-35-32(34(38)39-22-40-35)33(42-45)25-9-3-11-27(46)19-25)41-28-12-4-7-24(31(28)36(44)48)8-5-13-30(47)43-14-16-51-17-15-43/h2-4,6-7,9-12,18-19,22,46H,5,8,13-17,20-21H2,1H3,(H2,38,39,40). The van der Waals surface area contributed by atoms with Crippen molar-refractivity contribution in [1.29, 1.82) is 0 Å². The van der Waals surface area contributed by atoms with Gasteiger partial charge in [-0.3, -0.25) is 14.2 Å². The molecule has 14 nitrogen and oxygen atoms in total. The minimum absolute atomic E-state index is 0.0337. The van der Waals surface area contributed by atoms with E-state index in [0.717, 1.165) is 5.56 Å². The van der Waals surface area contributed by atoms with Crippen molar-refractivity contribution in [3.8, 4) is 17.0 Å². The van der Waals surface area contributed by atoms with Crippen LogP contribution in [0.5, 0.6) is 5.75 Å². The molecule has 3 aromatic carbocycles. The molecule has 260 valence electrons. The maximum absolute atomic E-state index is 14.6. The summed E-state index contributed by atoms with van der Waals surface area (Å²) in [6.45, 7) is 2.38. The summed E-state index contributed by atoms with van der Waals surface area (Å²) in [4.78, 5) is 55.3. The first-order valence-electron chi connectivity index (χ1n) is 16.6. The lowest BCUT2D eigenvalue weighted by molar-refractivity contribution is -0.135. The number of nitrogens with two attached hydrogens (primary N) is 1. The second kappa shape index (κ2) is 14.4. The van der Waals surface area contributed by atoms with E-state index in [4.69, 9.17) is 25.3 Å². The molecule has 1 fully saturated rings. The number of nitrogens with zero attached hydrogens (tertiary/aromatic N) is 7. The first kappa shape index (κ1) is 33.4. The average molecular weight is 689 g/mol. The van der Waals surface area contributed by atoms with Crippen LogP contribution in [-0.4, -0.2) is 84.6 Å². The van der Waals surface area contributed by atoms with Crippen molar-refractivity contribution < 1.29 is 24.2 Å². The SMILES string of the molecule is COC(=O)c1cccc(Cn2c(Cn3nc(-c4cccc(O)c4)c4c(N)ncnc43)nc3cccc(CCCC(=O)N4CCOCC4)c3c2=O)c1. The molecule has 0 radical (unpaired) electrons. The number of amides is 1. The summed E-state index contributed by atoms with van der Waals surface area (Å²) < 4.78 is 13.5. The van der Waals surface area contributed by atoms with Gasteiger partial charge in [0.25, 0.3) is 5.56 Å². The van der Waals surface area contributed by atoms with Gasteiger partial charge in [-0.05, 0) is 54.3 Å². The Labute approximate surface area is 292 Å². The average Bonchev–Trinajstić information content (AvgIpc) is 3.52. The molecule has 0 unspecified atom stereocenters. The van der Waals surface area contributed by atoms with E-state index in [1.54, 1.807) is 57.8 Å². The molecule has 0 saturated carbocycles. The molecule has 0 atom stereocenters. The number of phenols is 1. The normalized spacial score (nSPS) is 13.2. The largest absolute Gasteiger partial charge is 0.508 e. The Bertz CT molecular complexity index is 2330. The van der Waals surface area contributed by atoms with Gasteiger partial charge in [-0.25, -0.2) is 24.4 Å². The maximum Gasteiger partial charge on any atom is 0.337 e. The number of nitrogen functional groups attached to an aromatic ring is 1. The number of aryl methyl sites for hydroxylation is 1. The lowest BCUT2D eigenvalue weighted by Crippen LogP contribution is -2.40. The molecular formula is C37H36N8O6. The van der Waals surface area contributed by atoms with Crippen molar-refractivity contribution in [3.63, 3.8) is 0 Å². The van der Waals surface area contributed by atoms with Crippen molar-refractivity contribution in [3.05, 3.63) is 106 Å². The third-order valence-corrected chi connectivity index (χ3v) is 9.01. The molecule has 1 amide bonds. The zero-order valence-electron chi connectivity index (χ0n) is 28.0. The van der Waals surface area contributed by atoms with Crippen molar-refractivity contribution in [2.24, 2.45) is 0 Å². The van der Waals surface area contributed by atoms with Crippen LogP contribution in [0.1, 0.15) is 40.2 Å². The van der Waals surface area contributed by atoms with E-state index in [-0.39, 0.29) is 36.1 Å². The third kappa shape index (κ3) is 6.85. The Balaban J connectivity index is 1.31. The number of morpholine rings is 1. The van der Waals surface area contributed by atoms with E-state index in [1.807, 2.05) is 23.1 Å². The van der Waals surface area contributed by atoms with Crippen LogP contribution in [0.25, 0.3) is 33.2 Å². The van der Waals surface area contributed by atoms with Gasteiger partial charge in [-0.15, -0.1) is 0 Å². The number of anilines is 1. The Hall–Kier alpha value is -6.15. The van der Waals surface area contributed by atoms with Gasteiger partial charge < -0.3 is 25.2 Å². The lowest BCUT2D eigenvalue weighted by Gasteiger charge is -2.26. The van der Waals surface area contributed by atoms with Crippen LogP contribution in [-0.2, 0) is 33.8 Å². The van der Waals surface area contributed by atoms with Crippen LogP contribution in [0.4, 0.5) is 5.82 Å². The molecule has 7 rings (SSSR count). The number of carbonyl (C=O) groups excluding carboxylic acids is 2. The molecule has 0 bridgehead atoms. The molecule has 0 aliphatic carbocycles. The number of hydrogen-bond acceptors (Lipinski definition) is 11. The van der Waals surface area contributed by atoms with Crippen LogP contribution in [0.15, 0.2) is 77.9 Å². The number of hydrogen-bond donors (Lipinski definition) is 2. The predicted octanol–water partition coefficient (Wildman–Crippen LogP) is 3.56. The second-order valence-electron chi connectivity index (χ2n) is 12.3. The lowest BCUT2D eigenvalue weighted by atomic mass is 10.0. The molecule has 3 aromatic heterocycles. The van der Waals surface area contributed by atoms with Crippen molar-refractivity contribution >= 4 is 39.6 Å². The highest BCUT2D eigenvalue weighted by molar-refractivity contribution is 5.98. The molecule has 3 N–H and O–H groups in total. The number of carbonyl (C=O) groups is 2. The van der Waals surface area contributed by atoms with Gasteiger partial charge in [0.15, 0.2) is 5.65 Å². The highest BCUT2D eigenvalue weighted by atomic mass is 16.5. The van der Waals surface area contributed by atoms with E-state index >= 15 is 0 Å². The molecule has 1 aliphatic rings. The quantitative estimate of drug-likeness (QED) is 0.201. The van der Waals surface area contributed by atoms with E-state index in [2.05, 4.69) is 9.97 Å². The Morgan fingerprint density at radius 3 is 2.59 bits per heavy atom. The van der Waals surface area contributed by atoms with Gasteiger partial charge >= 0.3 is 5.97 Å². The molecule has 1 aliphatic heterocycles. The van der Waals surface area contributed by atoms with Gasteiger partial charge in [-0.1, -0.05) is 36.4 Å². The molecule has 0 spiro atoms. The fourth-order valence-corrected chi connectivity index (χ4v) is 6.50. The molecule has 6 aromatic rings. The number of benzene rings is 3. The first-order valence-corrected chi connectivity index (χ1v) is 16.6. The zero-order chi connectivity index (χ0) is 35.5. The number of rotatable bonds is 10. The summed E-state index contributed by atoms with van der Waals surface area (Å²) >= 11 is 0. The monoisotopic (exact) mass is 688 g/mol. The fourth-order valence-electron chi connectivity index (χ4n) is 6.50. The number of ether oxygens (including phenoxy) is 2. The molecular weight excluding hydrogens is 652 g/mol. The van der Waals surface area contributed by atoms with Crippen molar-refractivity contribution in [2.75, 3.05) is 39.1 Å². The number of fused-ring (bicyclic) bond motifs is 2. The third-order valence-electron chi connectivity index (χ3n) is 9.01. The molecule has 51 heavy (non-hydrogen) atoms. The van der Waals surface area contributed by atoms with Crippen LogP contribution in [0.3, 0.4) is 0 Å².